The summed E-state index contributed by atoms with van der Waals surface area (Å²) in [6, 6.07) is 9.80. The zero-order chi connectivity index (χ0) is 24.5. The lowest BCUT2D eigenvalue weighted by molar-refractivity contribution is -0.172. The van der Waals surface area contributed by atoms with Crippen LogP contribution in [0.3, 0.4) is 0 Å². The highest BCUT2D eigenvalue weighted by atomic mass is 16.6. The summed E-state index contributed by atoms with van der Waals surface area (Å²) in [5.41, 5.74) is 2.79. The molecule has 9 nitrogen and oxygen atoms in total. The molecule has 1 atom stereocenters. The summed E-state index contributed by atoms with van der Waals surface area (Å²) < 4.78 is 6.91. The first-order valence-electron chi connectivity index (χ1n) is 12.1. The highest BCUT2D eigenvalue weighted by Crippen LogP contribution is 2.43. The Morgan fingerprint density at radius 3 is 2.63 bits per heavy atom. The molecule has 0 spiro atoms. The number of carbonyl (C=O) groups excluding carboxylic acids is 1. The molecule has 182 valence electrons. The number of likely N-dealkylation sites (N-methyl/N-ethyl adjacent to an activating group) is 1. The molecule has 0 bridgehead atoms. The van der Waals surface area contributed by atoms with Crippen molar-refractivity contribution in [3.8, 4) is 11.4 Å². The van der Waals surface area contributed by atoms with Crippen molar-refractivity contribution >= 4 is 22.6 Å². The predicted octanol–water partition coefficient (Wildman–Crippen LogP) is 1.68. The van der Waals surface area contributed by atoms with Gasteiger partial charge in [-0.2, -0.15) is 0 Å². The molecule has 3 aromatic rings. The number of hydrogen-bond acceptors (Lipinski definition) is 8. The molecule has 3 aliphatic rings. The molecule has 2 aromatic heterocycles. The third kappa shape index (κ3) is 3.15. The molecule has 5 heterocycles. The number of cyclic esters (lactones) is 1. The van der Waals surface area contributed by atoms with Crippen LogP contribution in [0, 0.1) is 0 Å². The SMILES string of the molecule is CC[C@@]1(O)C(=O)OCc2c1cc1n(c2=O)Cc2c-1nc1ccccc1c2N(C)N1CCN(C)CC1. The van der Waals surface area contributed by atoms with Crippen LogP contribution in [-0.2, 0) is 28.3 Å². The van der Waals surface area contributed by atoms with E-state index in [-0.39, 0.29) is 18.6 Å². The van der Waals surface area contributed by atoms with Crippen molar-refractivity contribution in [3.63, 3.8) is 0 Å². The Labute approximate surface area is 203 Å². The number of para-hydroxylation sites is 1. The van der Waals surface area contributed by atoms with Crippen LogP contribution in [0.25, 0.3) is 22.3 Å². The van der Waals surface area contributed by atoms with Crippen molar-refractivity contribution in [1.82, 2.24) is 19.5 Å². The maximum atomic E-state index is 13.6. The van der Waals surface area contributed by atoms with Gasteiger partial charge in [-0.05, 0) is 25.6 Å². The Kier molecular flexibility index (Phi) is 5.00. The largest absolute Gasteiger partial charge is 0.458 e. The first-order chi connectivity index (χ1) is 16.8. The molecule has 1 fully saturated rings. The van der Waals surface area contributed by atoms with E-state index in [1.165, 1.54) is 0 Å². The molecule has 1 aromatic carbocycles. The van der Waals surface area contributed by atoms with E-state index in [9.17, 15) is 14.7 Å². The summed E-state index contributed by atoms with van der Waals surface area (Å²) in [6.07, 6.45) is 0.122. The maximum absolute atomic E-state index is 13.6. The summed E-state index contributed by atoms with van der Waals surface area (Å²) in [5, 5.41) is 16.7. The molecule has 0 saturated carbocycles. The summed E-state index contributed by atoms with van der Waals surface area (Å²) in [5.74, 6) is -0.711. The lowest BCUT2D eigenvalue weighted by atomic mass is 9.86. The van der Waals surface area contributed by atoms with Crippen molar-refractivity contribution in [2.45, 2.75) is 32.1 Å². The summed E-state index contributed by atoms with van der Waals surface area (Å²) in [4.78, 5) is 33.4. The van der Waals surface area contributed by atoms with Crippen molar-refractivity contribution in [2.75, 3.05) is 45.3 Å². The highest BCUT2D eigenvalue weighted by Gasteiger charge is 2.45. The molecule has 0 amide bonds. The molecule has 9 heteroatoms. The Bertz CT molecular complexity index is 1430. The topological polar surface area (TPSA) is 91.1 Å². The number of anilines is 1. The molecule has 35 heavy (non-hydrogen) atoms. The number of aliphatic hydroxyl groups is 1. The monoisotopic (exact) mass is 475 g/mol. The van der Waals surface area contributed by atoms with E-state index >= 15 is 0 Å². The second-order valence-electron chi connectivity index (χ2n) is 9.69. The minimum atomic E-state index is -1.83. The zero-order valence-electron chi connectivity index (χ0n) is 20.2. The van der Waals surface area contributed by atoms with Gasteiger partial charge in [0.05, 0.1) is 34.7 Å². The zero-order valence-corrected chi connectivity index (χ0v) is 20.2. The van der Waals surface area contributed by atoms with E-state index in [1.54, 1.807) is 17.6 Å². The average Bonchev–Trinajstić information content (AvgIpc) is 3.23. The quantitative estimate of drug-likeness (QED) is 0.448. The third-order valence-corrected chi connectivity index (χ3v) is 7.79. The van der Waals surface area contributed by atoms with Gasteiger partial charge in [-0.3, -0.25) is 4.79 Å². The van der Waals surface area contributed by atoms with E-state index in [1.807, 2.05) is 18.2 Å². The van der Waals surface area contributed by atoms with Crippen LogP contribution in [0.4, 0.5) is 5.69 Å². The number of hydrazine groups is 1. The molecule has 0 radical (unpaired) electrons. The molecular weight excluding hydrogens is 446 g/mol. The average molecular weight is 476 g/mol. The van der Waals surface area contributed by atoms with Gasteiger partial charge in [0.2, 0.25) is 0 Å². The summed E-state index contributed by atoms with van der Waals surface area (Å²) in [7, 11) is 4.21. The van der Waals surface area contributed by atoms with Crippen molar-refractivity contribution < 1.29 is 14.6 Å². The number of esters is 1. The number of pyridine rings is 2. The fraction of sp³-hybridized carbons (Fsp3) is 0.423. The highest BCUT2D eigenvalue weighted by molar-refractivity contribution is 5.97. The van der Waals surface area contributed by atoms with Gasteiger partial charge in [-0.25, -0.2) is 14.8 Å². The van der Waals surface area contributed by atoms with Crippen LogP contribution in [0.5, 0.6) is 0 Å². The van der Waals surface area contributed by atoms with Gasteiger partial charge in [0.15, 0.2) is 5.60 Å². The molecule has 0 aliphatic carbocycles. The van der Waals surface area contributed by atoms with Gasteiger partial charge < -0.3 is 24.3 Å². The van der Waals surface area contributed by atoms with Gasteiger partial charge in [0.1, 0.15) is 6.61 Å². The van der Waals surface area contributed by atoms with Crippen LogP contribution in [0.15, 0.2) is 35.1 Å². The van der Waals surface area contributed by atoms with E-state index in [0.717, 1.165) is 54.0 Å². The number of rotatable bonds is 3. The van der Waals surface area contributed by atoms with Crippen molar-refractivity contribution in [3.05, 3.63) is 57.4 Å². The van der Waals surface area contributed by atoms with E-state index in [4.69, 9.17) is 9.72 Å². The van der Waals surface area contributed by atoms with Gasteiger partial charge in [0, 0.05) is 49.7 Å². The Morgan fingerprint density at radius 2 is 1.89 bits per heavy atom. The van der Waals surface area contributed by atoms with E-state index in [0.29, 0.717) is 23.4 Å². The number of piperazine rings is 1. The number of ether oxygens (including phenoxy) is 1. The maximum Gasteiger partial charge on any atom is 0.343 e. The van der Waals surface area contributed by atoms with Crippen LogP contribution < -0.4 is 10.6 Å². The van der Waals surface area contributed by atoms with Gasteiger partial charge in [-0.15, -0.1) is 0 Å². The Balaban J connectivity index is 1.57. The van der Waals surface area contributed by atoms with Crippen LogP contribution in [0.2, 0.25) is 0 Å². The normalized spacial score (nSPS) is 22.0. The smallest absolute Gasteiger partial charge is 0.343 e. The second-order valence-corrected chi connectivity index (χ2v) is 9.69. The van der Waals surface area contributed by atoms with Crippen molar-refractivity contribution in [1.29, 1.82) is 0 Å². The van der Waals surface area contributed by atoms with Crippen molar-refractivity contribution in [2.24, 2.45) is 0 Å². The van der Waals surface area contributed by atoms with Gasteiger partial charge in [-0.1, -0.05) is 25.1 Å². The number of aromatic nitrogens is 2. The minimum Gasteiger partial charge on any atom is -0.458 e. The van der Waals surface area contributed by atoms with Crippen LogP contribution in [-0.4, -0.2) is 70.8 Å². The summed E-state index contributed by atoms with van der Waals surface area (Å²) in [6.45, 7) is 5.72. The second kappa shape index (κ2) is 7.87. The fourth-order valence-electron chi connectivity index (χ4n) is 5.61. The van der Waals surface area contributed by atoms with E-state index in [2.05, 4.69) is 35.1 Å². The third-order valence-electron chi connectivity index (χ3n) is 7.79. The minimum absolute atomic E-state index is 0.122. The number of hydrogen-bond donors (Lipinski definition) is 1. The Morgan fingerprint density at radius 1 is 1.14 bits per heavy atom. The van der Waals surface area contributed by atoms with Crippen LogP contribution in [0.1, 0.15) is 30.0 Å². The first-order valence-corrected chi connectivity index (χ1v) is 12.1. The molecule has 3 aliphatic heterocycles. The fourth-order valence-corrected chi connectivity index (χ4v) is 5.61. The number of fused-ring (bicyclic) bond motifs is 5. The Hall–Kier alpha value is -3.27. The first kappa shape index (κ1) is 22.2. The van der Waals surface area contributed by atoms with Crippen LogP contribution >= 0.6 is 0 Å². The van der Waals surface area contributed by atoms with Gasteiger partial charge in [0.25, 0.3) is 5.56 Å². The molecule has 1 saturated heterocycles. The lowest BCUT2D eigenvalue weighted by Gasteiger charge is -2.40. The number of carbonyl (C=O) groups is 1. The number of benzene rings is 1. The molecule has 6 rings (SSSR count). The number of nitrogens with zero attached hydrogens (tertiary/aromatic N) is 5. The lowest BCUT2D eigenvalue weighted by Crippen LogP contribution is -2.51. The predicted molar refractivity (Wildman–Crippen MR) is 132 cm³/mol. The standard InChI is InChI=1S/C26H29N5O4/c1-4-26(34)19-13-21-22-17(14-31(21)24(32)18(19)15-35-25(26)33)23(16-7-5-6-8-20(16)27-22)29(3)30-11-9-28(2)10-12-30/h5-8,13,34H,4,9-12,14-15H2,1-3H3/t26-/m0/s1. The van der Waals surface area contributed by atoms with Gasteiger partial charge >= 0.3 is 5.97 Å². The molecular formula is C26H29N5O4. The molecule has 1 N–H and O–H groups in total. The summed E-state index contributed by atoms with van der Waals surface area (Å²) >= 11 is 0. The molecule has 0 unspecified atom stereocenters. The van der Waals surface area contributed by atoms with E-state index < -0.39 is 11.6 Å².